The third-order valence-corrected chi connectivity index (χ3v) is 7.96. The largest absolute Gasteiger partial charge is 0.493 e. The zero-order chi connectivity index (χ0) is 28.1. The molecule has 3 rings (SSSR count). The Morgan fingerprint density at radius 1 is 1.05 bits per heavy atom. The molecule has 0 aliphatic carbocycles. The van der Waals surface area contributed by atoms with Crippen LogP contribution < -0.4 is 4.74 Å². The Morgan fingerprint density at radius 2 is 1.74 bits per heavy atom. The van der Waals surface area contributed by atoms with E-state index in [9.17, 15) is 9.18 Å². The lowest BCUT2D eigenvalue weighted by Gasteiger charge is -2.40. The minimum Gasteiger partial charge on any atom is -0.493 e. The molecule has 5 nitrogen and oxygen atoms in total. The lowest BCUT2D eigenvalue weighted by molar-refractivity contribution is -0.0779. The number of nitrogens with zero attached hydrogens (tertiary/aromatic N) is 1. The molecular weight excluding hydrogens is 497 g/mol. The van der Waals surface area contributed by atoms with Gasteiger partial charge in [0.05, 0.1) is 6.61 Å². The van der Waals surface area contributed by atoms with E-state index in [0.29, 0.717) is 31.7 Å². The Morgan fingerprint density at radius 3 is 2.34 bits per heavy atom. The summed E-state index contributed by atoms with van der Waals surface area (Å²) in [6.45, 7) is 17.5. The first-order chi connectivity index (χ1) is 17.7. The molecule has 0 bridgehead atoms. The quantitative estimate of drug-likeness (QED) is 0.310. The number of likely N-dealkylation sites (tertiary alicyclic amines) is 1. The van der Waals surface area contributed by atoms with Crippen LogP contribution >= 0.6 is 0 Å². The molecule has 0 unspecified atom stereocenters. The molecule has 210 valence electrons. The number of halogens is 1. The fourth-order valence-corrected chi connectivity index (χ4v) is 6.28. The molecule has 1 aliphatic rings. The predicted octanol–water partition coefficient (Wildman–Crippen LogP) is 7.38. The van der Waals surface area contributed by atoms with Crippen LogP contribution in [0, 0.1) is 17.2 Å². The molecule has 1 heterocycles. The SMILES string of the molecule is C[SiH](C)O[C@@]1(CCOc2ccc(F)cc2CCc2ccccc2)C[C@H](C(C)(C)C)CN1C(=O)OC(C)(C)C. The van der Waals surface area contributed by atoms with Crippen LogP contribution in [0.4, 0.5) is 9.18 Å². The number of rotatable bonds is 9. The Kier molecular flexibility index (Phi) is 9.69. The van der Waals surface area contributed by atoms with Gasteiger partial charge in [0.2, 0.25) is 0 Å². The molecule has 7 heteroatoms. The molecule has 0 aromatic heterocycles. The fourth-order valence-electron chi connectivity index (χ4n) is 5.06. The van der Waals surface area contributed by atoms with Crippen molar-refractivity contribution in [2.75, 3.05) is 13.2 Å². The van der Waals surface area contributed by atoms with Crippen LogP contribution in [0.2, 0.25) is 13.1 Å². The van der Waals surface area contributed by atoms with Crippen molar-refractivity contribution in [2.24, 2.45) is 11.3 Å². The van der Waals surface area contributed by atoms with Crippen molar-refractivity contribution in [3.05, 3.63) is 65.5 Å². The third kappa shape index (κ3) is 8.31. The maximum Gasteiger partial charge on any atom is 0.412 e. The highest BCUT2D eigenvalue weighted by molar-refractivity contribution is 6.48. The van der Waals surface area contributed by atoms with E-state index in [2.05, 4.69) is 46.0 Å². The maximum absolute atomic E-state index is 14.1. The van der Waals surface area contributed by atoms with Crippen molar-refractivity contribution in [1.29, 1.82) is 0 Å². The standard InChI is InChI=1S/C31H46FNO4Si/c1-29(2,3)25-21-31(37-38(7)8,33(22-25)28(34)36-30(4,5)6)18-19-35-27-17-16-26(32)20-24(27)15-14-23-12-10-9-11-13-23/h9-13,16-17,20,25,38H,14-15,18-19,21-22H2,1-8H3/t25-,31-/m0/s1. The van der Waals surface area contributed by atoms with Crippen LogP contribution in [0.5, 0.6) is 5.75 Å². The summed E-state index contributed by atoms with van der Waals surface area (Å²) in [5.74, 6) is 0.661. The van der Waals surface area contributed by atoms with Crippen LogP contribution in [0.1, 0.15) is 65.5 Å². The first kappa shape index (κ1) is 30.2. The summed E-state index contributed by atoms with van der Waals surface area (Å²) in [6.07, 6.45) is 2.37. The highest BCUT2D eigenvalue weighted by Crippen LogP contribution is 2.45. The zero-order valence-corrected chi connectivity index (χ0v) is 25.6. The molecule has 1 amide bonds. The average Bonchev–Trinajstić information content (AvgIpc) is 3.18. The lowest BCUT2D eigenvalue weighted by Crippen LogP contribution is -2.53. The first-order valence-electron chi connectivity index (χ1n) is 13.8. The van der Waals surface area contributed by atoms with Gasteiger partial charge in [-0.2, -0.15) is 0 Å². The van der Waals surface area contributed by atoms with Gasteiger partial charge >= 0.3 is 6.09 Å². The monoisotopic (exact) mass is 543 g/mol. The number of aryl methyl sites for hydroxylation is 2. The third-order valence-electron chi connectivity index (χ3n) is 7.05. The topological polar surface area (TPSA) is 48.0 Å². The summed E-state index contributed by atoms with van der Waals surface area (Å²) >= 11 is 0. The molecule has 1 fully saturated rings. The van der Waals surface area contributed by atoms with E-state index < -0.39 is 20.4 Å². The molecule has 2 atom stereocenters. The molecule has 1 saturated heterocycles. The number of carbonyl (C=O) groups is 1. The summed E-state index contributed by atoms with van der Waals surface area (Å²) in [5, 5.41) is 0. The summed E-state index contributed by atoms with van der Waals surface area (Å²) in [5.41, 5.74) is 0.655. The summed E-state index contributed by atoms with van der Waals surface area (Å²) < 4.78 is 33.0. The van der Waals surface area contributed by atoms with Gasteiger partial charge in [-0.15, -0.1) is 0 Å². The van der Waals surface area contributed by atoms with Crippen molar-refractivity contribution in [3.63, 3.8) is 0 Å². The van der Waals surface area contributed by atoms with Crippen molar-refractivity contribution in [1.82, 2.24) is 4.90 Å². The molecular formula is C31H46FNO4Si. The van der Waals surface area contributed by atoms with Gasteiger partial charge in [0, 0.05) is 13.0 Å². The fraction of sp³-hybridized carbons (Fsp3) is 0.581. The molecule has 2 aromatic carbocycles. The van der Waals surface area contributed by atoms with Crippen LogP contribution in [-0.2, 0) is 22.0 Å². The van der Waals surface area contributed by atoms with Crippen molar-refractivity contribution >= 4 is 15.1 Å². The summed E-state index contributed by atoms with van der Waals surface area (Å²) in [4.78, 5) is 15.2. The molecule has 1 aliphatic heterocycles. The van der Waals surface area contributed by atoms with Gasteiger partial charge in [-0.3, -0.25) is 4.90 Å². The van der Waals surface area contributed by atoms with E-state index in [1.54, 1.807) is 12.1 Å². The van der Waals surface area contributed by atoms with Crippen LogP contribution in [0.25, 0.3) is 0 Å². The van der Waals surface area contributed by atoms with E-state index in [4.69, 9.17) is 13.9 Å². The van der Waals surface area contributed by atoms with Crippen LogP contribution in [0.3, 0.4) is 0 Å². The Hall–Kier alpha value is -2.38. The van der Waals surface area contributed by atoms with E-state index in [0.717, 1.165) is 18.4 Å². The number of benzene rings is 2. The van der Waals surface area contributed by atoms with Gasteiger partial charge < -0.3 is 13.9 Å². The molecule has 0 N–H and O–H groups in total. The number of hydrogen-bond donors (Lipinski definition) is 0. The lowest BCUT2D eigenvalue weighted by atomic mass is 9.78. The number of ether oxygens (including phenoxy) is 2. The number of hydrogen-bond acceptors (Lipinski definition) is 4. The van der Waals surface area contributed by atoms with Gasteiger partial charge in [-0.25, -0.2) is 9.18 Å². The maximum atomic E-state index is 14.1. The normalized spacial score (nSPS) is 20.2. The van der Waals surface area contributed by atoms with E-state index in [1.807, 2.05) is 43.9 Å². The molecule has 2 aromatic rings. The smallest absolute Gasteiger partial charge is 0.412 e. The predicted molar refractivity (Wildman–Crippen MR) is 154 cm³/mol. The Bertz CT molecular complexity index is 1060. The van der Waals surface area contributed by atoms with E-state index in [-0.39, 0.29) is 23.2 Å². The van der Waals surface area contributed by atoms with Crippen molar-refractivity contribution < 1.29 is 23.1 Å². The van der Waals surface area contributed by atoms with E-state index >= 15 is 0 Å². The number of carbonyl (C=O) groups excluding carboxylic acids is 1. The second kappa shape index (κ2) is 12.2. The van der Waals surface area contributed by atoms with Crippen LogP contribution in [-0.4, -0.2) is 44.5 Å². The Balaban J connectivity index is 1.81. The van der Waals surface area contributed by atoms with E-state index in [1.165, 1.54) is 11.6 Å². The summed E-state index contributed by atoms with van der Waals surface area (Å²) in [7, 11) is -1.54. The first-order valence-corrected chi connectivity index (χ1v) is 16.6. The number of amides is 1. The molecule has 0 saturated carbocycles. The van der Waals surface area contributed by atoms with Crippen LogP contribution in [0.15, 0.2) is 48.5 Å². The highest BCUT2D eigenvalue weighted by Gasteiger charge is 2.53. The van der Waals surface area contributed by atoms with Gasteiger partial charge in [0.15, 0.2) is 9.04 Å². The second-order valence-corrected chi connectivity index (χ2v) is 15.1. The highest BCUT2D eigenvalue weighted by atomic mass is 28.3. The minimum absolute atomic E-state index is 0.00628. The van der Waals surface area contributed by atoms with Gasteiger partial charge in [-0.1, -0.05) is 51.1 Å². The van der Waals surface area contributed by atoms with Gasteiger partial charge in [0.25, 0.3) is 0 Å². The molecule has 38 heavy (non-hydrogen) atoms. The zero-order valence-electron chi connectivity index (χ0n) is 24.5. The molecule has 0 radical (unpaired) electrons. The minimum atomic E-state index is -1.54. The molecule has 0 spiro atoms. The average molecular weight is 544 g/mol. The Labute approximate surface area is 230 Å². The van der Waals surface area contributed by atoms with Crippen molar-refractivity contribution in [2.45, 2.75) is 91.6 Å². The summed E-state index contributed by atoms with van der Waals surface area (Å²) in [6, 6.07) is 14.9. The van der Waals surface area contributed by atoms with Crippen molar-refractivity contribution in [3.8, 4) is 5.75 Å². The second-order valence-electron chi connectivity index (χ2n) is 12.8. The van der Waals surface area contributed by atoms with Gasteiger partial charge in [-0.05, 0) is 93.8 Å². The van der Waals surface area contributed by atoms with Gasteiger partial charge in [0.1, 0.15) is 22.9 Å².